The Kier molecular flexibility index (Phi) is 14.6. The van der Waals surface area contributed by atoms with Crippen LogP contribution in [-0.4, -0.2) is 54.5 Å². The second-order valence-corrected chi connectivity index (χ2v) is 12.3. The summed E-state index contributed by atoms with van der Waals surface area (Å²) in [6.07, 6.45) is 21.2. The van der Waals surface area contributed by atoms with E-state index in [2.05, 4.69) is 51.2 Å². The van der Waals surface area contributed by atoms with E-state index in [4.69, 9.17) is 35.7 Å². The Morgan fingerprint density at radius 2 is 1.79 bits per heavy atom. The Labute approximate surface area is 241 Å². The summed E-state index contributed by atoms with van der Waals surface area (Å²) in [4.78, 5) is 10.8. The van der Waals surface area contributed by atoms with E-state index in [0.717, 1.165) is 77.4 Å². The van der Waals surface area contributed by atoms with Crippen molar-refractivity contribution in [3.63, 3.8) is 0 Å². The number of alkyl halides is 1. The molecule has 7 heteroatoms. The van der Waals surface area contributed by atoms with Crippen LogP contribution in [0.25, 0.3) is 0 Å². The van der Waals surface area contributed by atoms with E-state index in [1.165, 1.54) is 5.57 Å². The van der Waals surface area contributed by atoms with Gasteiger partial charge in [0.05, 0.1) is 12.2 Å². The fourth-order valence-electron chi connectivity index (χ4n) is 5.70. The Morgan fingerprint density at radius 1 is 1.08 bits per heavy atom. The van der Waals surface area contributed by atoms with E-state index in [1.807, 2.05) is 0 Å². The van der Waals surface area contributed by atoms with Crippen LogP contribution in [0.15, 0.2) is 36.0 Å². The normalized spacial score (nSPS) is 31.5. The molecule has 0 radical (unpaired) electrons. The molecule has 1 N–H and O–H groups in total. The number of ether oxygens (including phenoxy) is 4. The Balaban J connectivity index is 1.73. The first-order chi connectivity index (χ1) is 18.8. The lowest BCUT2D eigenvalue weighted by molar-refractivity contribution is -0.193. The molecule has 0 bridgehead atoms. The summed E-state index contributed by atoms with van der Waals surface area (Å²) >= 11 is 6.96. The van der Waals surface area contributed by atoms with Gasteiger partial charge in [0.25, 0.3) is 0 Å². The molecule has 1 aliphatic carbocycles. The van der Waals surface area contributed by atoms with E-state index >= 15 is 0 Å². The molecule has 222 valence electrons. The number of carboxylic acid groups (broad SMARTS) is 1. The molecule has 4 unspecified atom stereocenters. The molecule has 0 amide bonds. The zero-order chi connectivity index (χ0) is 28.0. The zero-order valence-corrected chi connectivity index (χ0v) is 25.0. The Hall–Kier alpha value is -1.18. The van der Waals surface area contributed by atoms with Gasteiger partial charge in [-0.1, -0.05) is 42.9 Å². The molecule has 0 aromatic carbocycles. The van der Waals surface area contributed by atoms with Crippen molar-refractivity contribution in [1.82, 2.24) is 0 Å². The topological polar surface area (TPSA) is 74.2 Å². The van der Waals surface area contributed by atoms with Gasteiger partial charge < -0.3 is 24.1 Å². The molecular formula is C32H51ClO6. The van der Waals surface area contributed by atoms with E-state index in [1.54, 1.807) is 0 Å². The Bertz CT molecular complexity index is 794. The van der Waals surface area contributed by atoms with E-state index < -0.39 is 5.97 Å². The van der Waals surface area contributed by atoms with Crippen molar-refractivity contribution >= 4 is 17.6 Å². The molecule has 3 rings (SSSR count). The smallest absolute Gasteiger partial charge is 0.303 e. The first kappa shape index (κ1) is 32.3. The fourth-order valence-corrected chi connectivity index (χ4v) is 6.15. The average Bonchev–Trinajstić information content (AvgIpc) is 3.21. The van der Waals surface area contributed by atoms with Gasteiger partial charge in [-0.25, -0.2) is 0 Å². The maximum atomic E-state index is 10.8. The molecule has 0 aromatic rings. The maximum Gasteiger partial charge on any atom is 0.303 e. The van der Waals surface area contributed by atoms with Crippen LogP contribution in [0.5, 0.6) is 0 Å². The fraction of sp³-hybridized carbons (Fsp3) is 0.781. The monoisotopic (exact) mass is 566 g/mol. The highest BCUT2D eigenvalue weighted by atomic mass is 35.5. The summed E-state index contributed by atoms with van der Waals surface area (Å²) in [6.45, 7) is 8.03. The van der Waals surface area contributed by atoms with E-state index in [9.17, 15) is 4.79 Å². The predicted octanol–water partition coefficient (Wildman–Crippen LogP) is 7.80. The molecule has 0 spiro atoms. The number of allylic oxidation sites excluding steroid dienone is 4. The lowest BCUT2D eigenvalue weighted by Crippen LogP contribution is -2.32. The van der Waals surface area contributed by atoms with Crippen LogP contribution in [0.2, 0.25) is 0 Å². The summed E-state index contributed by atoms with van der Waals surface area (Å²) < 4.78 is 24.9. The predicted molar refractivity (Wildman–Crippen MR) is 156 cm³/mol. The highest BCUT2D eigenvalue weighted by molar-refractivity contribution is 6.21. The summed E-state index contributed by atoms with van der Waals surface area (Å²) in [6, 6.07) is 0. The van der Waals surface area contributed by atoms with Gasteiger partial charge in [0.1, 0.15) is 0 Å². The van der Waals surface area contributed by atoms with Crippen LogP contribution in [-0.2, 0) is 23.7 Å². The highest BCUT2D eigenvalue weighted by Crippen LogP contribution is 2.42. The molecule has 1 saturated carbocycles. The minimum Gasteiger partial charge on any atom is -0.481 e. The minimum atomic E-state index is -0.746. The van der Waals surface area contributed by atoms with Crippen molar-refractivity contribution < 1.29 is 28.8 Å². The van der Waals surface area contributed by atoms with Crippen LogP contribution in [0.3, 0.4) is 0 Å². The quantitative estimate of drug-likeness (QED) is 0.124. The second kappa shape index (κ2) is 17.6. The van der Waals surface area contributed by atoms with Crippen molar-refractivity contribution in [3.8, 4) is 0 Å². The number of carboxylic acids is 1. The van der Waals surface area contributed by atoms with Crippen molar-refractivity contribution in [3.05, 3.63) is 36.0 Å². The third-order valence-electron chi connectivity index (χ3n) is 8.08. The molecule has 2 aliphatic heterocycles. The largest absolute Gasteiger partial charge is 0.481 e. The molecular weight excluding hydrogens is 516 g/mol. The van der Waals surface area contributed by atoms with Gasteiger partial charge in [0.15, 0.2) is 12.6 Å². The average molecular weight is 567 g/mol. The van der Waals surface area contributed by atoms with Gasteiger partial charge >= 0.3 is 5.97 Å². The molecule has 6 nitrogen and oxygen atoms in total. The molecule has 3 fully saturated rings. The lowest BCUT2D eigenvalue weighted by atomic mass is 9.89. The van der Waals surface area contributed by atoms with Gasteiger partial charge in [-0.05, 0) is 96.3 Å². The van der Waals surface area contributed by atoms with Crippen LogP contribution in [0.1, 0.15) is 97.8 Å². The van der Waals surface area contributed by atoms with Crippen molar-refractivity contribution in [2.45, 2.75) is 128 Å². The SMILES string of the molecule is CC(C)=CCC(C)C(C=C[C@@H]1[C@@H](CC=CCCCC(=O)O)[C@H](Cl)C[C@H]1OC1CCCCO1)OC1CCCCO1. The molecule has 2 heterocycles. The van der Waals surface area contributed by atoms with Crippen LogP contribution >= 0.6 is 11.6 Å². The summed E-state index contributed by atoms with van der Waals surface area (Å²) in [5.41, 5.74) is 1.32. The number of unbranched alkanes of at least 4 members (excludes halogenated alkanes) is 1. The van der Waals surface area contributed by atoms with E-state index in [0.29, 0.717) is 12.3 Å². The minimum absolute atomic E-state index is 0.000976. The number of hydrogen-bond donors (Lipinski definition) is 1. The number of carbonyl (C=O) groups is 1. The summed E-state index contributed by atoms with van der Waals surface area (Å²) in [7, 11) is 0. The first-order valence-corrected chi connectivity index (χ1v) is 15.6. The van der Waals surface area contributed by atoms with Gasteiger partial charge in [0, 0.05) is 30.9 Å². The van der Waals surface area contributed by atoms with Gasteiger partial charge in [-0.3, -0.25) is 4.79 Å². The van der Waals surface area contributed by atoms with E-state index in [-0.39, 0.29) is 48.4 Å². The van der Waals surface area contributed by atoms with Crippen molar-refractivity contribution in [2.75, 3.05) is 13.2 Å². The molecule has 39 heavy (non-hydrogen) atoms. The third kappa shape index (κ3) is 11.7. The standard InChI is InChI=1S/C32H51ClO6/c1-23(2)16-17-24(3)28(38-31-14-8-10-20-36-31)19-18-26-25(12-6-4-5-7-13-30(34)35)27(33)22-29(26)39-32-15-9-11-21-37-32/h4,6,16,18-19,24-29,31-32H,5,7-15,17,20-22H2,1-3H3,(H,34,35)/t24?,25-,26-,27-,28?,29-,31?,32?/m1/s1. The molecule has 0 aromatic heterocycles. The highest BCUT2D eigenvalue weighted by Gasteiger charge is 2.42. The van der Waals surface area contributed by atoms with Gasteiger partial charge in [0.2, 0.25) is 0 Å². The molecule has 2 saturated heterocycles. The van der Waals surface area contributed by atoms with Gasteiger partial charge in [-0.2, -0.15) is 0 Å². The maximum absolute atomic E-state index is 10.8. The zero-order valence-electron chi connectivity index (χ0n) is 24.3. The van der Waals surface area contributed by atoms with Crippen LogP contribution in [0.4, 0.5) is 0 Å². The molecule has 8 atom stereocenters. The number of aliphatic carboxylic acids is 1. The summed E-state index contributed by atoms with van der Waals surface area (Å²) in [5, 5.41) is 8.89. The van der Waals surface area contributed by atoms with Crippen LogP contribution in [0, 0.1) is 17.8 Å². The van der Waals surface area contributed by atoms with Crippen LogP contribution < -0.4 is 0 Å². The lowest BCUT2D eigenvalue weighted by Gasteiger charge is -2.31. The van der Waals surface area contributed by atoms with Gasteiger partial charge in [-0.15, -0.1) is 11.6 Å². The van der Waals surface area contributed by atoms with Crippen molar-refractivity contribution in [2.24, 2.45) is 17.8 Å². The molecule has 3 aliphatic rings. The van der Waals surface area contributed by atoms with Crippen molar-refractivity contribution in [1.29, 1.82) is 0 Å². The second-order valence-electron chi connectivity index (χ2n) is 11.7. The first-order valence-electron chi connectivity index (χ1n) is 15.2. The third-order valence-corrected chi connectivity index (χ3v) is 8.58. The summed E-state index contributed by atoms with van der Waals surface area (Å²) in [5.74, 6) is -0.0597. The number of halogens is 1. The number of rotatable bonds is 15. The Morgan fingerprint density at radius 3 is 2.44 bits per heavy atom. The number of hydrogen-bond acceptors (Lipinski definition) is 5.